The van der Waals surface area contributed by atoms with Crippen molar-refractivity contribution in [1.29, 1.82) is 0 Å². The quantitative estimate of drug-likeness (QED) is 0.444. The summed E-state index contributed by atoms with van der Waals surface area (Å²) in [5.74, 6) is 1.22. The average Bonchev–Trinajstić information content (AvgIpc) is 3.11. The molecule has 3 heterocycles. The van der Waals surface area contributed by atoms with Crippen LogP contribution in [0.3, 0.4) is 0 Å². The van der Waals surface area contributed by atoms with Gasteiger partial charge in [0.2, 0.25) is 0 Å². The highest BCUT2D eigenvalue weighted by Gasteiger charge is 2.38. The number of anilines is 1. The van der Waals surface area contributed by atoms with Gasteiger partial charge in [-0.15, -0.1) is 0 Å². The molecule has 0 bridgehead atoms. The predicted octanol–water partition coefficient (Wildman–Crippen LogP) is 5.53. The minimum Gasteiger partial charge on any atom is -0.367 e. The Balaban J connectivity index is 1.54. The lowest BCUT2D eigenvalue weighted by atomic mass is 9.87. The first-order valence-corrected chi connectivity index (χ1v) is 13.7. The van der Waals surface area contributed by atoms with Crippen LogP contribution in [0.1, 0.15) is 75.8 Å². The van der Waals surface area contributed by atoms with Crippen LogP contribution in [-0.2, 0) is 4.79 Å². The van der Waals surface area contributed by atoms with Crippen molar-refractivity contribution in [3.05, 3.63) is 44.7 Å². The van der Waals surface area contributed by atoms with Gasteiger partial charge >= 0.3 is 0 Å². The zero-order valence-corrected chi connectivity index (χ0v) is 21.5. The third-order valence-corrected chi connectivity index (χ3v) is 8.73. The van der Waals surface area contributed by atoms with Crippen LogP contribution < -0.4 is 10.9 Å². The van der Waals surface area contributed by atoms with Gasteiger partial charge in [-0.3, -0.25) is 18.9 Å². The van der Waals surface area contributed by atoms with Crippen molar-refractivity contribution >= 4 is 51.7 Å². The fourth-order valence-electron chi connectivity index (χ4n) is 5.36. The number of pyridine rings is 1. The van der Waals surface area contributed by atoms with Crippen LogP contribution in [0, 0.1) is 12.8 Å². The SMILES string of the molecule is Cc1ccc2nc(NC3CCC(C)CC3)c(C=C3SC(=S)N(C4CCCCC4)C3=O)c(=O)n2c1. The monoisotopic (exact) mass is 496 g/mol. The lowest BCUT2D eigenvalue weighted by Crippen LogP contribution is -2.39. The molecule has 0 atom stereocenters. The number of thiocarbonyl (C=S) groups is 1. The largest absolute Gasteiger partial charge is 0.367 e. The number of fused-ring (bicyclic) bond motifs is 1. The molecule has 2 aliphatic carbocycles. The van der Waals surface area contributed by atoms with Gasteiger partial charge in [-0.25, -0.2) is 4.98 Å². The Morgan fingerprint density at radius 2 is 1.82 bits per heavy atom. The molecule has 5 rings (SSSR count). The molecular formula is C26H32N4O2S2. The van der Waals surface area contributed by atoms with Gasteiger partial charge in [0, 0.05) is 18.3 Å². The first-order chi connectivity index (χ1) is 16.4. The third-order valence-electron chi connectivity index (χ3n) is 7.40. The molecule has 2 saturated carbocycles. The number of carbonyl (C=O) groups is 1. The maximum Gasteiger partial charge on any atom is 0.267 e. The summed E-state index contributed by atoms with van der Waals surface area (Å²) in [6, 6.07) is 4.28. The zero-order valence-electron chi connectivity index (χ0n) is 19.9. The van der Waals surface area contributed by atoms with E-state index >= 15 is 0 Å². The molecule has 1 aliphatic heterocycles. The van der Waals surface area contributed by atoms with Gasteiger partial charge < -0.3 is 5.32 Å². The summed E-state index contributed by atoms with van der Waals surface area (Å²) in [5, 5.41) is 3.56. The van der Waals surface area contributed by atoms with E-state index in [4.69, 9.17) is 17.2 Å². The van der Waals surface area contributed by atoms with Crippen molar-refractivity contribution in [2.75, 3.05) is 5.32 Å². The normalized spacial score (nSPS) is 25.5. The first-order valence-electron chi connectivity index (χ1n) is 12.5. The molecule has 0 spiro atoms. The van der Waals surface area contributed by atoms with E-state index in [1.807, 2.05) is 19.1 Å². The summed E-state index contributed by atoms with van der Waals surface area (Å²) in [4.78, 5) is 34.1. The maximum absolute atomic E-state index is 13.6. The molecule has 3 aliphatic rings. The van der Waals surface area contributed by atoms with Gasteiger partial charge in [-0.05, 0) is 69.1 Å². The van der Waals surface area contributed by atoms with Gasteiger partial charge in [-0.2, -0.15) is 0 Å². The van der Waals surface area contributed by atoms with E-state index in [-0.39, 0.29) is 23.6 Å². The minimum atomic E-state index is -0.164. The van der Waals surface area contributed by atoms with Gasteiger partial charge in [0.1, 0.15) is 15.8 Å². The Hall–Kier alpha value is -2.19. The van der Waals surface area contributed by atoms with E-state index in [0.717, 1.165) is 50.0 Å². The molecule has 34 heavy (non-hydrogen) atoms. The standard InChI is InChI=1S/C26H32N4O2S2/c1-16-8-11-18(12-9-16)27-23-20(24(31)29-15-17(2)10-13-22(29)28-23)14-21-25(32)30(26(33)34-21)19-6-4-3-5-7-19/h10,13-16,18-19,27H,3-9,11-12H2,1-2H3. The summed E-state index contributed by atoms with van der Waals surface area (Å²) in [5.41, 5.74) is 1.86. The summed E-state index contributed by atoms with van der Waals surface area (Å²) in [6.45, 7) is 4.25. The number of hydrogen-bond acceptors (Lipinski definition) is 6. The third kappa shape index (κ3) is 4.67. The number of nitrogens with zero attached hydrogens (tertiary/aromatic N) is 3. The highest BCUT2D eigenvalue weighted by Crippen LogP contribution is 2.37. The minimum absolute atomic E-state index is 0.0759. The molecule has 1 N–H and O–H groups in total. The molecule has 2 aromatic heterocycles. The summed E-state index contributed by atoms with van der Waals surface area (Å²) in [6.07, 6.45) is 13.4. The van der Waals surface area contributed by atoms with Crippen molar-refractivity contribution in [3.63, 3.8) is 0 Å². The van der Waals surface area contributed by atoms with Gasteiger partial charge in [0.15, 0.2) is 0 Å². The van der Waals surface area contributed by atoms with E-state index in [1.54, 1.807) is 21.6 Å². The van der Waals surface area contributed by atoms with Crippen LogP contribution in [0.15, 0.2) is 28.0 Å². The number of aryl methyl sites for hydroxylation is 1. The van der Waals surface area contributed by atoms with Crippen LogP contribution in [0.25, 0.3) is 11.7 Å². The molecule has 2 aromatic rings. The van der Waals surface area contributed by atoms with E-state index in [2.05, 4.69) is 12.2 Å². The second kappa shape index (κ2) is 9.82. The predicted molar refractivity (Wildman–Crippen MR) is 143 cm³/mol. The Bertz CT molecular complexity index is 1210. The number of rotatable bonds is 4. The number of nitrogens with one attached hydrogen (secondary N) is 1. The molecule has 6 nitrogen and oxygen atoms in total. The number of aromatic nitrogens is 2. The fourth-order valence-corrected chi connectivity index (χ4v) is 6.74. The highest BCUT2D eigenvalue weighted by molar-refractivity contribution is 8.26. The van der Waals surface area contributed by atoms with Crippen LogP contribution in [0.2, 0.25) is 0 Å². The van der Waals surface area contributed by atoms with E-state index < -0.39 is 0 Å². The van der Waals surface area contributed by atoms with E-state index in [9.17, 15) is 9.59 Å². The molecule has 0 aromatic carbocycles. The van der Waals surface area contributed by atoms with Crippen molar-refractivity contribution in [2.24, 2.45) is 5.92 Å². The van der Waals surface area contributed by atoms with E-state index in [1.165, 1.54) is 31.0 Å². The number of amides is 1. The molecule has 3 fully saturated rings. The van der Waals surface area contributed by atoms with Gasteiger partial charge in [0.05, 0.1) is 10.5 Å². The number of thioether (sulfide) groups is 1. The molecular weight excluding hydrogens is 464 g/mol. The van der Waals surface area contributed by atoms with Crippen LogP contribution in [0.5, 0.6) is 0 Å². The Morgan fingerprint density at radius 1 is 1.09 bits per heavy atom. The Labute approximate surface area is 210 Å². The number of carbonyl (C=O) groups excluding carboxylic acids is 1. The lowest BCUT2D eigenvalue weighted by molar-refractivity contribution is -0.124. The highest BCUT2D eigenvalue weighted by atomic mass is 32.2. The fraction of sp³-hybridized carbons (Fsp3) is 0.538. The molecule has 1 saturated heterocycles. The first kappa shape index (κ1) is 23.5. The maximum atomic E-state index is 13.6. The number of hydrogen-bond donors (Lipinski definition) is 1. The average molecular weight is 497 g/mol. The van der Waals surface area contributed by atoms with Crippen molar-refractivity contribution in [2.45, 2.75) is 83.7 Å². The van der Waals surface area contributed by atoms with Gasteiger partial charge in [0.25, 0.3) is 11.5 Å². The van der Waals surface area contributed by atoms with Crippen LogP contribution in [-0.4, -0.2) is 36.6 Å². The molecule has 0 radical (unpaired) electrons. The topological polar surface area (TPSA) is 66.7 Å². The van der Waals surface area contributed by atoms with Crippen molar-refractivity contribution < 1.29 is 4.79 Å². The summed E-state index contributed by atoms with van der Waals surface area (Å²) in [7, 11) is 0. The lowest BCUT2D eigenvalue weighted by Gasteiger charge is -2.29. The zero-order chi connectivity index (χ0) is 23.8. The van der Waals surface area contributed by atoms with Crippen LogP contribution >= 0.6 is 24.0 Å². The Kier molecular flexibility index (Phi) is 6.80. The second-order valence-electron chi connectivity index (χ2n) is 10.1. The molecule has 180 valence electrons. The van der Waals surface area contributed by atoms with Crippen LogP contribution in [0.4, 0.5) is 5.82 Å². The summed E-state index contributed by atoms with van der Waals surface area (Å²) < 4.78 is 2.18. The second-order valence-corrected chi connectivity index (χ2v) is 11.7. The van der Waals surface area contributed by atoms with E-state index in [0.29, 0.717) is 26.3 Å². The molecule has 0 unspecified atom stereocenters. The van der Waals surface area contributed by atoms with Crippen molar-refractivity contribution in [3.8, 4) is 0 Å². The Morgan fingerprint density at radius 3 is 2.56 bits per heavy atom. The molecule has 8 heteroatoms. The summed E-state index contributed by atoms with van der Waals surface area (Å²) >= 11 is 6.91. The van der Waals surface area contributed by atoms with Crippen molar-refractivity contribution in [1.82, 2.24) is 14.3 Å². The smallest absolute Gasteiger partial charge is 0.267 e. The van der Waals surface area contributed by atoms with Gasteiger partial charge in [-0.1, -0.05) is 56.2 Å². The molecule has 1 amide bonds.